The van der Waals surface area contributed by atoms with Gasteiger partial charge in [-0.2, -0.15) is 0 Å². The minimum atomic E-state index is -0.0396. The molecule has 0 aromatic heterocycles. The Morgan fingerprint density at radius 1 is 1.12 bits per heavy atom. The molecule has 1 N–H and O–H groups in total. The quantitative estimate of drug-likeness (QED) is 0.613. The molecular weight excluding hydrogens is 400 g/mol. The summed E-state index contributed by atoms with van der Waals surface area (Å²) in [6, 6.07) is 16.0. The van der Waals surface area contributed by atoms with E-state index in [0.29, 0.717) is 18.8 Å². The zero-order valence-electron chi connectivity index (χ0n) is 19.9. The highest BCUT2D eigenvalue weighted by Crippen LogP contribution is 2.36. The summed E-state index contributed by atoms with van der Waals surface area (Å²) in [7, 11) is 7.44. The summed E-state index contributed by atoms with van der Waals surface area (Å²) in [6.07, 6.45) is 3.23. The Kier molecular flexibility index (Phi) is 7.75. The number of methoxy groups -OCH3 is 2. The predicted molar refractivity (Wildman–Crippen MR) is 132 cm³/mol. The molecule has 5 nitrogen and oxygen atoms in total. The third-order valence-electron chi connectivity index (χ3n) is 5.83. The number of nitrogens with zero attached hydrogens (tertiary/aromatic N) is 1. The van der Waals surface area contributed by atoms with Gasteiger partial charge in [0.05, 0.1) is 19.6 Å². The SMILES string of the molecule is COC1=C(c2cccc(NC(=O)Cc3ccc(N(C)C)cc3)c2)C=C(C(C)C)C(OC)C1. The molecule has 0 bridgehead atoms. The summed E-state index contributed by atoms with van der Waals surface area (Å²) < 4.78 is 11.4. The van der Waals surface area contributed by atoms with Crippen LogP contribution in [0.2, 0.25) is 0 Å². The monoisotopic (exact) mass is 434 g/mol. The first-order chi connectivity index (χ1) is 15.3. The van der Waals surface area contributed by atoms with E-state index in [-0.39, 0.29) is 12.0 Å². The van der Waals surface area contributed by atoms with Crippen LogP contribution in [0.5, 0.6) is 0 Å². The molecule has 1 amide bonds. The average Bonchev–Trinajstić information content (AvgIpc) is 2.78. The molecule has 0 heterocycles. The number of hydrogen-bond donors (Lipinski definition) is 1. The van der Waals surface area contributed by atoms with Gasteiger partial charge in [0.25, 0.3) is 0 Å². The lowest BCUT2D eigenvalue weighted by Gasteiger charge is -2.29. The molecule has 0 saturated heterocycles. The summed E-state index contributed by atoms with van der Waals surface area (Å²) >= 11 is 0. The van der Waals surface area contributed by atoms with Crippen LogP contribution < -0.4 is 10.2 Å². The van der Waals surface area contributed by atoms with Crippen molar-refractivity contribution in [3.05, 3.63) is 77.1 Å². The van der Waals surface area contributed by atoms with Crippen molar-refractivity contribution < 1.29 is 14.3 Å². The molecule has 0 radical (unpaired) electrons. The lowest BCUT2D eigenvalue weighted by Crippen LogP contribution is -2.22. The number of amides is 1. The number of allylic oxidation sites excluding steroid dienone is 2. The molecule has 2 aromatic carbocycles. The van der Waals surface area contributed by atoms with E-state index >= 15 is 0 Å². The van der Waals surface area contributed by atoms with Gasteiger partial charge in [-0.05, 0) is 53.0 Å². The predicted octanol–water partition coefficient (Wildman–Crippen LogP) is 5.29. The zero-order chi connectivity index (χ0) is 23.3. The van der Waals surface area contributed by atoms with E-state index < -0.39 is 0 Å². The number of carbonyl (C=O) groups excluding carboxylic acids is 1. The van der Waals surface area contributed by atoms with Gasteiger partial charge in [0.15, 0.2) is 0 Å². The van der Waals surface area contributed by atoms with Crippen LogP contribution in [0.1, 0.15) is 31.4 Å². The van der Waals surface area contributed by atoms with Crippen molar-refractivity contribution in [1.82, 2.24) is 0 Å². The van der Waals surface area contributed by atoms with Crippen LogP contribution >= 0.6 is 0 Å². The first-order valence-electron chi connectivity index (χ1n) is 11.0. The number of anilines is 2. The van der Waals surface area contributed by atoms with Crippen molar-refractivity contribution in [1.29, 1.82) is 0 Å². The Balaban J connectivity index is 1.78. The number of rotatable bonds is 8. The molecular formula is C27H34N2O3. The van der Waals surface area contributed by atoms with Gasteiger partial charge in [0.1, 0.15) is 5.76 Å². The molecule has 1 unspecified atom stereocenters. The lowest BCUT2D eigenvalue weighted by atomic mass is 9.85. The molecule has 2 aromatic rings. The second-order valence-electron chi connectivity index (χ2n) is 8.64. The Hall–Kier alpha value is -3.05. The van der Waals surface area contributed by atoms with Gasteiger partial charge < -0.3 is 19.7 Å². The maximum Gasteiger partial charge on any atom is 0.228 e. The maximum atomic E-state index is 12.6. The van der Waals surface area contributed by atoms with Gasteiger partial charge in [0, 0.05) is 44.6 Å². The fourth-order valence-electron chi connectivity index (χ4n) is 4.00. The minimum absolute atomic E-state index is 0.0236. The standard InChI is InChI=1S/C27H34N2O3/c1-18(2)23-16-24(26(32-6)17-25(23)31-5)20-8-7-9-21(15-20)28-27(30)14-19-10-12-22(13-11-19)29(3)4/h7-13,15-16,18,25H,14,17H2,1-6H3,(H,28,30). The normalized spacial score (nSPS) is 16.1. The molecule has 1 aliphatic rings. The van der Waals surface area contributed by atoms with Gasteiger partial charge in [0.2, 0.25) is 5.91 Å². The van der Waals surface area contributed by atoms with Crippen molar-refractivity contribution in [2.45, 2.75) is 32.8 Å². The summed E-state index contributed by atoms with van der Waals surface area (Å²) in [6.45, 7) is 4.35. The molecule has 0 aliphatic heterocycles. The summed E-state index contributed by atoms with van der Waals surface area (Å²) in [5, 5.41) is 3.04. The van der Waals surface area contributed by atoms with E-state index in [9.17, 15) is 4.79 Å². The van der Waals surface area contributed by atoms with Gasteiger partial charge in [-0.25, -0.2) is 0 Å². The van der Waals surface area contributed by atoms with Crippen molar-refractivity contribution >= 4 is 22.9 Å². The van der Waals surface area contributed by atoms with Crippen LogP contribution in [-0.2, 0) is 20.7 Å². The van der Waals surface area contributed by atoms with E-state index in [4.69, 9.17) is 9.47 Å². The zero-order valence-corrected chi connectivity index (χ0v) is 19.9. The maximum absolute atomic E-state index is 12.6. The molecule has 0 saturated carbocycles. The number of carbonyl (C=O) groups is 1. The molecule has 0 fully saturated rings. The molecule has 32 heavy (non-hydrogen) atoms. The van der Waals surface area contributed by atoms with E-state index in [0.717, 1.165) is 33.8 Å². The van der Waals surface area contributed by atoms with E-state index in [1.165, 1.54) is 5.57 Å². The molecule has 0 spiro atoms. The van der Waals surface area contributed by atoms with Crippen LogP contribution in [0.4, 0.5) is 11.4 Å². The minimum Gasteiger partial charge on any atom is -0.500 e. The summed E-state index contributed by atoms with van der Waals surface area (Å²) in [5.74, 6) is 1.23. The molecule has 3 rings (SSSR count). The van der Waals surface area contributed by atoms with Crippen molar-refractivity contribution in [3.8, 4) is 0 Å². The fourth-order valence-corrected chi connectivity index (χ4v) is 4.00. The third-order valence-corrected chi connectivity index (χ3v) is 5.83. The number of benzene rings is 2. The van der Waals surface area contributed by atoms with Gasteiger partial charge in [-0.1, -0.05) is 38.1 Å². The van der Waals surface area contributed by atoms with Crippen molar-refractivity contribution in [2.24, 2.45) is 5.92 Å². The van der Waals surface area contributed by atoms with Crippen molar-refractivity contribution in [2.75, 3.05) is 38.5 Å². The first kappa shape index (κ1) is 23.6. The Labute approximate surface area is 191 Å². The van der Waals surface area contributed by atoms with Crippen LogP contribution in [0, 0.1) is 5.92 Å². The number of nitrogens with one attached hydrogen (secondary N) is 1. The largest absolute Gasteiger partial charge is 0.500 e. The molecule has 1 atom stereocenters. The third kappa shape index (κ3) is 5.60. The van der Waals surface area contributed by atoms with E-state index in [2.05, 4.69) is 25.2 Å². The smallest absolute Gasteiger partial charge is 0.228 e. The van der Waals surface area contributed by atoms with Crippen LogP contribution in [0.25, 0.3) is 5.57 Å². The number of ether oxygens (including phenoxy) is 2. The van der Waals surface area contributed by atoms with Crippen LogP contribution in [-0.4, -0.2) is 40.3 Å². The Morgan fingerprint density at radius 3 is 2.44 bits per heavy atom. The Morgan fingerprint density at radius 2 is 1.84 bits per heavy atom. The van der Waals surface area contributed by atoms with Gasteiger partial charge in [-0.3, -0.25) is 4.79 Å². The van der Waals surface area contributed by atoms with E-state index in [1.807, 2.05) is 67.5 Å². The topological polar surface area (TPSA) is 50.8 Å². The highest BCUT2D eigenvalue weighted by atomic mass is 16.5. The second-order valence-corrected chi connectivity index (χ2v) is 8.64. The fraction of sp³-hybridized carbons (Fsp3) is 0.370. The second kappa shape index (κ2) is 10.5. The number of hydrogen-bond acceptors (Lipinski definition) is 4. The Bertz CT molecular complexity index is 1000. The first-order valence-corrected chi connectivity index (χ1v) is 11.0. The van der Waals surface area contributed by atoms with Crippen LogP contribution in [0.3, 0.4) is 0 Å². The summed E-state index contributed by atoms with van der Waals surface area (Å²) in [4.78, 5) is 14.7. The lowest BCUT2D eigenvalue weighted by molar-refractivity contribution is -0.115. The highest BCUT2D eigenvalue weighted by Gasteiger charge is 2.26. The van der Waals surface area contributed by atoms with Gasteiger partial charge in [-0.15, -0.1) is 0 Å². The van der Waals surface area contributed by atoms with E-state index in [1.54, 1.807) is 14.2 Å². The highest BCUT2D eigenvalue weighted by molar-refractivity contribution is 5.93. The molecule has 5 heteroatoms. The van der Waals surface area contributed by atoms with Crippen LogP contribution in [0.15, 0.2) is 65.9 Å². The average molecular weight is 435 g/mol. The molecule has 170 valence electrons. The van der Waals surface area contributed by atoms with Crippen molar-refractivity contribution in [3.63, 3.8) is 0 Å². The summed E-state index contributed by atoms with van der Waals surface area (Å²) in [5.41, 5.74) is 6.17. The molecule has 1 aliphatic carbocycles. The van der Waals surface area contributed by atoms with Gasteiger partial charge >= 0.3 is 0 Å².